The molecule has 0 spiro atoms. The number of fused-ring (bicyclic) bond motifs is 1. The van der Waals surface area contributed by atoms with Crippen LogP contribution in [0.5, 0.6) is 0 Å². The molecule has 1 fully saturated rings. The van der Waals surface area contributed by atoms with E-state index < -0.39 is 0 Å². The summed E-state index contributed by atoms with van der Waals surface area (Å²) in [5.41, 5.74) is 1.95. The number of aliphatic hydroxyl groups excluding tert-OH is 1. The predicted molar refractivity (Wildman–Crippen MR) is 105 cm³/mol. The first kappa shape index (κ1) is 18.1. The number of aliphatic hydroxyl groups is 1. The Labute approximate surface area is 164 Å². The first-order chi connectivity index (χ1) is 13.0. The fourth-order valence-corrected chi connectivity index (χ4v) is 3.98. The van der Waals surface area contributed by atoms with Crippen molar-refractivity contribution in [1.82, 2.24) is 20.3 Å². The second kappa shape index (κ2) is 7.38. The number of carbonyl (C=O) groups is 1. The number of nitrogens with zero attached hydrogens (tertiary/aromatic N) is 3. The van der Waals surface area contributed by atoms with Crippen molar-refractivity contribution in [2.75, 3.05) is 5.32 Å². The van der Waals surface area contributed by atoms with E-state index in [2.05, 4.69) is 25.6 Å². The average molecular weight is 404 g/mol. The van der Waals surface area contributed by atoms with Crippen molar-refractivity contribution < 1.29 is 9.90 Å². The van der Waals surface area contributed by atoms with Crippen molar-refractivity contribution in [2.24, 2.45) is 0 Å². The van der Waals surface area contributed by atoms with Gasteiger partial charge in [-0.1, -0.05) is 11.6 Å². The molecule has 9 heteroatoms. The molecule has 27 heavy (non-hydrogen) atoms. The number of halogens is 1. The highest BCUT2D eigenvalue weighted by Crippen LogP contribution is 2.27. The highest BCUT2D eigenvalue weighted by molar-refractivity contribution is 7.17. The highest BCUT2D eigenvalue weighted by Gasteiger charge is 2.30. The summed E-state index contributed by atoms with van der Waals surface area (Å²) in [6.07, 6.45) is 4.13. The van der Waals surface area contributed by atoms with Gasteiger partial charge in [0, 0.05) is 18.4 Å². The predicted octanol–water partition coefficient (Wildman–Crippen LogP) is 3.17. The molecule has 0 bridgehead atoms. The van der Waals surface area contributed by atoms with E-state index in [9.17, 15) is 9.90 Å². The molecule has 1 aliphatic rings. The maximum absolute atomic E-state index is 12.7. The van der Waals surface area contributed by atoms with E-state index in [1.165, 1.54) is 11.3 Å². The van der Waals surface area contributed by atoms with Gasteiger partial charge in [-0.25, -0.2) is 9.97 Å². The molecule has 1 saturated carbocycles. The zero-order chi connectivity index (χ0) is 19.0. The van der Waals surface area contributed by atoms with Crippen LogP contribution in [0.15, 0.2) is 29.9 Å². The molecule has 0 saturated heterocycles. The molecule has 3 heterocycles. The van der Waals surface area contributed by atoms with Crippen LogP contribution in [0.2, 0.25) is 5.02 Å². The Morgan fingerprint density at radius 2 is 2.19 bits per heavy atom. The fraction of sp³-hybridized carbons (Fsp3) is 0.333. The lowest BCUT2D eigenvalue weighted by Crippen LogP contribution is -2.47. The summed E-state index contributed by atoms with van der Waals surface area (Å²) < 4.78 is 0.745. The van der Waals surface area contributed by atoms with Gasteiger partial charge in [0.15, 0.2) is 5.69 Å². The van der Waals surface area contributed by atoms with Gasteiger partial charge in [-0.15, -0.1) is 11.3 Å². The maximum Gasteiger partial charge on any atom is 0.271 e. The van der Waals surface area contributed by atoms with Gasteiger partial charge in [-0.2, -0.15) is 0 Å². The Hall–Kier alpha value is -2.29. The van der Waals surface area contributed by atoms with E-state index in [0.717, 1.165) is 10.3 Å². The second-order valence-electron chi connectivity index (χ2n) is 6.63. The third-order valence-electron chi connectivity index (χ3n) is 4.54. The van der Waals surface area contributed by atoms with Gasteiger partial charge in [0.05, 0.1) is 27.4 Å². The fourth-order valence-electron chi connectivity index (χ4n) is 2.98. The normalized spacial score (nSPS) is 20.1. The molecule has 0 aliphatic heterocycles. The van der Waals surface area contributed by atoms with Crippen molar-refractivity contribution in [3.05, 3.63) is 46.2 Å². The number of carbonyl (C=O) groups excluding carboxylic acids is 1. The lowest BCUT2D eigenvalue weighted by molar-refractivity contribution is 0.0561. The molecule has 1 aliphatic carbocycles. The maximum atomic E-state index is 12.7. The van der Waals surface area contributed by atoms with E-state index in [-0.39, 0.29) is 24.1 Å². The van der Waals surface area contributed by atoms with E-state index in [4.69, 9.17) is 11.6 Å². The van der Waals surface area contributed by atoms with E-state index >= 15 is 0 Å². The van der Waals surface area contributed by atoms with Crippen LogP contribution < -0.4 is 10.6 Å². The minimum Gasteiger partial charge on any atom is -0.393 e. The number of aromatic nitrogens is 3. The average Bonchev–Trinajstić information content (AvgIpc) is 3.08. The highest BCUT2D eigenvalue weighted by atomic mass is 35.5. The first-order valence-corrected chi connectivity index (χ1v) is 9.86. The summed E-state index contributed by atoms with van der Waals surface area (Å²) in [6.45, 7) is 1.95. The third kappa shape index (κ3) is 3.87. The van der Waals surface area contributed by atoms with Gasteiger partial charge in [-0.3, -0.25) is 9.78 Å². The van der Waals surface area contributed by atoms with Crippen LogP contribution in [0.4, 0.5) is 5.95 Å². The van der Waals surface area contributed by atoms with Gasteiger partial charge < -0.3 is 15.7 Å². The molecule has 3 aromatic rings. The van der Waals surface area contributed by atoms with Crippen molar-refractivity contribution >= 4 is 45.0 Å². The molecule has 140 valence electrons. The van der Waals surface area contributed by atoms with Crippen LogP contribution in [0.3, 0.4) is 0 Å². The standard InChI is InChI=1S/C18H18ClN5O2S/c1-9(10-4-11(19)8-20-7-10)21-18-23-14-2-3-27-16(14)15(24-18)17(26)22-12-5-13(25)6-12/h2-4,7-9,12-13,25H,5-6H2,1H3,(H,22,26)(H,21,23,24)/t9-,12-,13-/m0/s1. The number of hydrogen-bond acceptors (Lipinski definition) is 7. The van der Waals surface area contributed by atoms with Gasteiger partial charge in [0.1, 0.15) is 0 Å². The summed E-state index contributed by atoms with van der Waals surface area (Å²) in [7, 11) is 0. The summed E-state index contributed by atoms with van der Waals surface area (Å²) in [5.74, 6) is 0.119. The lowest BCUT2D eigenvalue weighted by atomic mass is 9.89. The minimum atomic E-state index is -0.327. The van der Waals surface area contributed by atoms with E-state index in [0.29, 0.717) is 35.0 Å². The summed E-state index contributed by atoms with van der Waals surface area (Å²) in [6, 6.07) is 3.54. The number of anilines is 1. The van der Waals surface area contributed by atoms with Crippen molar-refractivity contribution in [1.29, 1.82) is 0 Å². The molecule has 7 nitrogen and oxygen atoms in total. The molecule has 1 atom stereocenters. The van der Waals surface area contributed by atoms with Crippen LogP contribution in [-0.4, -0.2) is 38.1 Å². The van der Waals surface area contributed by atoms with Crippen LogP contribution in [-0.2, 0) is 0 Å². The monoisotopic (exact) mass is 403 g/mol. The Morgan fingerprint density at radius 1 is 1.37 bits per heavy atom. The molecular weight excluding hydrogens is 386 g/mol. The number of hydrogen-bond donors (Lipinski definition) is 3. The number of thiophene rings is 1. The Morgan fingerprint density at radius 3 is 2.93 bits per heavy atom. The van der Waals surface area contributed by atoms with E-state index in [1.807, 2.05) is 24.4 Å². The molecule has 0 aromatic carbocycles. The summed E-state index contributed by atoms with van der Waals surface area (Å²) >= 11 is 7.44. The number of nitrogens with one attached hydrogen (secondary N) is 2. The van der Waals surface area contributed by atoms with E-state index in [1.54, 1.807) is 12.4 Å². The van der Waals surface area contributed by atoms with Crippen molar-refractivity contribution in [3.8, 4) is 0 Å². The van der Waals surface area contributed by atoms with Crippen molar-refractivity contribution in [3.63, 3.8) is 0 Å². The van der Waals surface area contributed by atoms with Crippen molar-refractivity contribution in [2.45, 2.75) is 38.0 Å². The number of rotatable bonds is 5. The first-order valence-electron chi connectivity index (χ1n) is 8.61. The number of pyridine rings is 1. The van der Waals surface area contributed by atoms with Gasteiger partial charge in [0.25, 0.3) is 5.91 Å². The van der Waals surface area contributed by atoms with Crippen LogP contribution in [0, 0.1) is 0 Å². The smallest absolute Gasteiger partial charge is 0.271 e. The number of amides is 1. The van der Waals surface area contributed by atoms with Gasteiger partial charge >= 0.3 is 0 Å². The zero-order valence-electron chi connectivity index (χ0n) is 14.5. The largest absolute Gasteiger partial charge is 0.393 e. The van der Waals surface area contributed by atoms with Crippen LogP contribution >= 0.6 is 22.9 Å². The second-order valence-corrected chi connectivity index (χ2v) is 7.98. The third-order valence-corrected chi connectivity index (χ3v) is 5.66. The SMILES string of the molecule is C[C@H](Nc1nc(C(=O)N[C@H]2C[C@H](O)C2)c2sccc2n1)c1cncc(Cl)c1. The Kier molecular flexibility index (Phi) is 4.94. The minimum absolute atomic E-state index is 0.00894. The topological polar surface area (TPSA) is 100 Å². The molecule has 4 rings (SSSR count). The van der Waals surface area contributed by atoms with Crippen LogP contribution in [0.1, 0.15) is 41.9 Å². The molecule has 3 N–H and O–H groups in total. The Balaban J connectivity index is 1.59. The van der Waals surface area contributed by atoms with Crippen LogP contribution in [0.25, 0.3) is 10.2 Å². The molecule has 3 aromatic heterocycles. The zero-order valence-corrected chi connectivity index (χ0v) is 16.1. The molecular formula is C18H18ClN5O2S. The van der Waals surface area contributed by atoms with Gasteiger partial charge in [-0.05, 0) is 42.8 Å². The summed E-state index contributed by atoms with van der Waals surface area (Å²) in [4.78, 5) is 25.7. The Bertz CT molecular complexity index is 989. The summed E-state index contributed by atoms with van der Waals surface area (Å²) in [5, 5.41) is 18.0. The molecule has 1 amide bonds. The molecule has 0 unspecified atom stereocenters. The molecule has 0 radical (unpaired) electrons. The lowest BCUT2D eigenvalue weighted by Gasteiger charge is -2.31. The quantitative estimate of drug-likeness (QED) is 0.605. The van der Waals surface area contributed by atoms with Gasteiger partial charge in [0.2, 0.25) is 5.95 Å².